The first-order valence-corrected chi connectivity index (χ1v) is 10.5. The highest BCUT2D eigenvalue weighted by Gasteiger charge is 2.36. The van der Waals surface area contributed by atoms with Crippen LogP contribution in [0, 0.1) is 0 Å². The minimum Gasteiger partial charge on any atom is -0.459 e. The number of thiophene rings is 1. The molecule has 0 N–H and O–H groups in total. The van der Waals surface area contributed by atoms with Gasteiger partial charge in [0.1, 0.15) is 18.2 Å². The van der Waals surface area contributed by atoms with E-state index in [2.05, 4.69) is 0 Å². The normalized spacial score (nSPS) is 16.3. The Morgan fingerprint density at radius 3 is 2.90 bits per heavy atom. The number of hydrogen-bond acceptors (Lipinski definition) is 6. The lowest BCUT2D eigenvalue weighted by molar-refractivity contribution is -0.149. The molecule has 1 saturated heterocycles. The molecule has 1 aliphatic heterocycles. The van der Waals surface area contributed by atoms with Gasteiger partial charge in [0, 0.05) is 23.6 Å². The number of ether oxygens (including phenoxy) is 1. The summed E-state index contributed by atoms with van der Waals surface area (Å²) in [5.74, 6) is -0.587. The lowest BCUT2D eigenvalue weighted by Crippen LogP contribution is -2.41. The van der Waals surface area contributed by atoms with Crippen molar-refractivity contribution in [3.8, 4) is 0 Å². The predicted octanol–water partition coefficient (Wildman–Crippen LogP) is 3.76. The molecule has 2 aromatic heterocycles. The van der Waals surface area contributed by atoms with Crippen molar-refractivity contribution < 1.29 is 18.7 Å². The van der Waals surface area contributed by atoms with Gasteiger partial charge in [-0.3, -0.25) is 4.79 Å². The van der Waals surface area contributed by atoms with Crippen LogP contribution in [0.3, 0.4) is 0 Å². The van der Waals surface area contributed by atoms with Crippen LogP contribution in [-0.4, -0.2) is 29.4 Å². The van der Waals surface area contributed by atoms with E-state index in [-0.39, 0.29) is 12.5 Å². The predicted molar refractivity (Wildman–Crippen MR) is 110 cm³/mol. The third kappa shape index (κ3) is 3.96. The molecule has 3 aromatic rings. The average Bonchev–Trinajstić information content (AvgIpc) is 3.42. The number of amides is 1. The first-order valence-electron chi connectivity index (χ1n) is 9.63. The topological polar surface area (TPSA) is 76.8 Å². The molecule has 29 heavy (non-hydrogen) atoms. The zero-order valence-corrected chi connectivity index (χ0v) is 16.9. The highest BCUT2D eigenvalue weighted by molar-refractivity contribution is 7.12. The van der Waals surface area contributed by atoms with E-state index in [0.717, 1.165) is 23.8 Å². The van der Waals surface area contributed by atoms with E-state index in [0.29, 0.717) is 29.0 Å². The Hall–Kier alpha value is -2.93. The number of likely N-dealkylation sites (tertiary alicyclic amines) is 1. The molecule has 0 aliphatic carbocycles. The standard InChI is InChI=1S/C22H21NO5S/c1-2-14-7-8-16-15(12-20(24)28-18(16)11-14)13-27-22(26)17-5-3-9-23(17)21(25)19-6-4-10-29-19/h4,6-8,10-12,17H,2-3,5,9,13H2,1H3/t17-/m0/s1. The van der Waals surface area contributed by atoms with Gasteiger partial charge in [-0.05, 0) is 42.3 Å². The first-order chi connectivity index (χ1) is 14.1. The highest BCUT2D eigenvalue weighted by atomic mass is 32.1. The fourth-order valence-corrected chi connectivity index (χ4v) is 4.33. The van der Waals surface area contributed by atoms with Gasteiger partial charge in [0.2, 0.25) is 0 Å². The monoisotopic (exact) mass is 411 g/mol. The number of carbonyl (C=O) groups excluding carboxylic acids is 2. The quantitative estimate of drug-likeness (QED) is 0.472. The van der Waals surface area contributed by atoms with Crippen LogP contribution < -0.4 is 5.63 Å². The Morgan fingerprint density at radius 1 is 1.28 bits per heavy atom. The van der Waals surface area contributed by atoms with Gasteiger partial charge in [-0.2, -0.15) is 0 Å². The van der Waals surface area contributed by atoms with E-state index in [1.165, 1.54) is 17.4 Å². The van der Waals surface area contributed by atoms with Crippen molar-refractivity contribution in [1.29, 1.82) is 0 Å². The maximum atomic E-state index is 12.7. The summed E-state index contributed by atoms with van der Waals surface area (Å²) in [5.41, 5.74) is 1.66. The van der Waals surface area contributed by atoms with Gasteiger partial charge in [-0.1, -0.05) is 25.1 Å². The molecule has 0 radical (unpaired) electrons. The van der Waals surface area contributed by atoms with Crippen molar-refractivity contribution >= 4 is 34.2 Å². The smallest absolute Gasteiger partial charge is 0.336 e. The van der Waals surface area contributed by atoms with Crippen molar-refractivity contribution in [2.75, 3.05) is 6.54 Å². The van der Waals surface area contributed by atoms with Gasteiger partial charge < -0.3 is 14.1 Å². The summed E-state index contributed by atoms with van der Waals surface area (Å²) < 4.78 is 10.8. The van der Waals surface area contributed by atoms with Gasteiger partial charge in [-0.15, -0.1) is 11.3 Å². The Kier molecular flexibility index (Phi) is 5.49. The second-order valence-corrected chi connectivity index (χ2v) is 7.96. The molecular weight excluding hydrogens is 390 g/mol. The molecule has 0 saturated carbocycles. The van der Waals surface area contributed by atoms with Crippen LogP contribution in [0.4, 0.5) is 0 Å². The first kappa shape index (κ1) is 19.4. The number of rotatable bonds is 5. The number of benzene rings is 1. The van der Waals surface area contributed by atoms with Crippen LogP contribution in [0.2, 0.25) is 0 Å². The minimum absolute atomic E-state index is 0.0378. The lowest BCUT2D eigenvalue weighted by Gasteiger charge is -2.22. The average molecular weight is 411 g/mol. The molecule has 4 rings (SSSR count). The molecule has 7 heteroatoms. The Balaban J connectivity index is 1.51. The van der Waals surface area contributed by atoms with Gasteiger partial charge >= 0.3 is 11.6 Å². The van der Waals surface area contributed by atoms with Gasteiger partial charge in [0.05, 0.1) is 4.88 Å². The molecule has 0 bridgehead atoms. The lowest BCUT2D eigenvalue weighted by atomic mass is 10.1. The number of aryl methyl sites for hydroxylation is 1. The van der Waals surface area contributed by atoms with Crippen molar-refractivity contribution in [1.82, 2.24) is 4.90 Å². The third-order valence-corrected chi connectivity index (χ3v) is 6.05. The summed E-state index contributed by atoms with van der Waals surface area (Å²) in [4.78, 5) is 39.5. The summed E-state index contributed by atoms with van der Waals surface area (Å²) in [6.45, 7) is 2.52. The molecule has 6 nitrogen and oxygen atoms in total. The summed E-state index contributed by atoms with van der Waals surface area (Å²) >= 11 is 1.36. The van der Waals surface area contributed by atoms with Crippen molar-refractivity contribution in [3.05, 3.63) is 68.2 Å². The molecule has 1 amide bonds. The summed E-state index contributed by atoms with van der Waals surface area (Å²) in [6.07, 6.45) is 2.16. The van der Waals surface area contributed by atoms with E-state index < -0.39 is 17.6 Å². The summed E-state index contributed by atoms with van der Waals surface area (Å²) in [7, 11) is 0. The summed E-state index contributed by atoms with van der Waals surface area (Å²) in [6, 6.07) is 10.0. The number of esters is 1. The zero-order chi connectivity index (χ0) is 20.4. The molecule has 0 spiro atoms. The van der Waals surface area contributed by atoms with E-state index >= 15 is 0 Å². The van der Waals surface area contributed by atoms with Gasteiger partial charge in [0.25, 0.3) is 5.91 Å². The van der Waals surface area contributed by atoms with Crippen LogP contribution >= 0.6 is 11.3 Å². The highest BCUT2D eigenvalue weighted by Crippen LogP contribution is 2.24. The molecule has 3 heterocycles. The molecule has 0 unspecified atom stereocenters. The van der Waals surface area contributed by atoms with Crippen LogP contribution in [0.5, 0.6) is 0 Å². The van der Waals surface area contributed by atoms with Crippen molar-refractivity contribution in [2.24, 2.45) is 0 Å². The number of hydrogen-bond donors (Lipinski definition) is 0. The fraction of sp³-hybridized carbons (Fsp3) is 0.318. The SMILES string of the molecule is CCc1ccc2c(COC(=O)[C@@H]3CCCN3C(=O)c3cccs3)cc(=O)oc2c1. The number of fused-ring (bicyclic) bond motifs is 1. The van der Waals surface area contributed by atoms with Crippen LogP contribution in [0.15, 0.2) is 51.0 Å². The van der Waals surface area contributed by atoms with Gasteiger partial charge in [-0.25, -0.2) is 9.59 Å². The zero-order valence-electron chi connectivity index (χ0n) is 16.1. The Labute approximate surface area is 171 Å². The van der Waals surface area contributed by atoms with E-state index in [1.54, 1.807) is 11.0 Å². The summed E-state index contributed by atoms with van der Waals surface area (Å²) in [5, 5.41) is 2.58. The maximum Gasteiger partial charge on any atom is 0.336 e. The van der Waals surface area contributed by atoms with Crippen LogP contribution in [0.1, 0.15) is 40.6 Å². The third-order valence-electron chi connectivity index (χ3n) is 5.19. The number of carbonyl (C=O) groups is 2. The van der Waals surface area contributed by atoms with Crippen molar-refractivity contribution in [2.45, 2.75) is 38.8 Å². The van der Waals surface area contributed by atoms with Crippen LogP contribution in [-0.2, 0) is 22.6 Å². The van der Waals surface area contributed by atoms with E-state index in [4.69, 9.17) is 9.15 Å². The Morgan fingerprint density at radius 2 is 2.14 bits per heavy atom. The minimum atomic E-state index is -0.595. The Bertz CT molecular complexity index is 1100. The molecule has 1 aliphatic rings. The largest absolute Gasteiger partial charge is 0.459 e. The van der Waals surface area contributed by atoms with Crippen molar-refractivity contribution in [3.63, 3.8) is 0 Å². The molecule has 1 fully saturated rings. The van der Waals surface area contributed by atoms with E-state index in [9.17, 15) is 14.4 Å². The second kappa shape index (κ2) is 8.21. The molecular formula is C22H21NO5S. The van der Waals surface area contributed by atoms with Crippen LogP contribution in [0.25, 0.3) is 11.0 Å². The van der Waals surface area contributed by atoms with E-state index in [1.807, 2.05) is 36.6 Å². The second-order valence-electron chi connectivity index (χ2n) is 7.02. The molecule has 1 atom stereocenters. The van der Waals surface area contributed by atoms with Gasteiger partial charge in [0.15, 0.2) is 0 Å². The maximum absolute atomic E-state index is 12.7. The molecule has 1 aromatic carbocycles. The fourth-order valence-electron chi connectivity index (χ4n) is 3.66. The number of nitrogens with zero attached hydrogens (tertiary/aromatic N) is 1. The molecule has 150 valence electrons.